The molecule has 150 valence electrons. The fourth-order valence-corrected chi connectivity index (χ4v) is 3.44. The van der Waals surface area contributed by atoms with Crippen molar-refractivity contribution >= 4 is 16.7 Å². The molecular formula is C24H16F3NO2. The molecule has 1 aromatic heterocycles. The van der Waals surface area contributed by atoms with Crippen LogP contribution < -0.4 is 0 Å². The van der Waals surface area contributed by atoms with Gasteiger partial charge in [0, 0.05) is 16.5 Å². The number of benzene rings is 3. The number of hydrogen-bond acceptors (Lipinski definition) is 3. The Bertz CT molecular complexity index is 1220. The van der Waals surface area contributed by atoms with E-state index in [0.717, 1.165) is 28.5 Å². The van der Waals surface area contributed by atoms with E-state index >= 15 is 0 Å². The van der Waals surface area contributed by atoms with Crippen LogP contribution in [-0.2, 0) is 10.9 Å². The second-order valence-corrected chi connectivity index (χ2v) is 6.66. The monoisotopic (exact) mass is 407 g/mol. The van der Waals surface area contributed by atoms with Crippen molar-refractivity contribution in [3.8, 4) is 22.4 Å². The molecule has 0 aliphatic heterocycles. The highest BCUT2D eigenvalue weighted by Crippen LogP contribution is 2.37. The van der Waals surface area contributed by atoms with E-state index in [1.165, 1.54) is 19.2 Å². The van der Waals surface area contributed by atoms with Gasteiger partial charge in [0.15, 0.2) is 5.69 Å². The van der Waals surface area contributed by atoms with Crippen LogP contribution >= 0.6 is 0 Å². The Labute approximate surface area is 170 Å². The molecule has 0 spiro atoms. The number of ether oxygens (including phenoxy) is 1. The summed E-state index contributed by atoms with van der Waals surface area (Å²) in [5.74, 6) is -0.618. The van der Waals surface area contributed by atoms with Crippen molar-refractivity contribution in [1.29, 1.82) is 0 Å². The van der Waals surface area contributed by atoms with Crippen LogP contribution in [0.1, 0.15) is 16.1 Å². The standard InChI is InChI=1S/C24H16F3NO2/c1-30-23(29)22-20(15-7-3-2-4-8-15)18-9-5-6-10-19(18)21(28-22)16-11-13-17(14-12-16)24(25,26)27/h2-14H,1H3. The Balaban J connectivity index is 2.02. The van der Waals surface area contributed by atoms with E-state index in [4.69, 9.17) is 4.74 Å². The molecule has 0 saturated heterocycles. The highest BCUT2D eigenvalue weighted by atomic mass is 19.4. The molecule has 0 radical (unpaired) electrons. The van der Waals surface area contributed by atoms with E-state index in [0.29, 0.717) is 16.8 Å². The number of hydrogen-bond donors (Lipinski definition) is 0. The van der Waals surface area contributed by atoms with Gasteiger partial charge < -0.3 is 4.74 Å². The van der Waals surface area contributed by atoms with Crippen molar-refractivity contribution in [1.82, 2.24) is 4.98 Å². The molecule has 0 amide bonds. The van der Waals surface area contributed by atoms with E-state index in [-0.39, 0.29) is 5.69 Å². The van der Waals surface area contributed by atoms with Gasteiger partial charge >= 0.3 is 12.1 Å². The summed E-state index contributed by atoms with van der Waals surface area (Å²) in [5.41, 5.74) is 1.67. The van der Waals surface area contributed by atoms with Crippen molar-refractivity contribution < 1.29 is 22.7 Å². The summed E-state index contributed by atoms with van der Waals surface area (Å²) in [5, 5.41) is 1.48. The van der Waals surface area contributed by atoms with Crippen LogP contribution in [-0.4, -0.2) is 18.1 Å². The predicted octanol–water partition coefficient (Wildman–Crippen LogP) is 6.37. The molecule has 3 nitrogen and oxygen atoms in total. The second-order valence-electron chi connectivity index (χ2n) is 6.66. The number of nitrogens with zero attached hydrogens (tertiary/aromatic N) is 1. The molecule has 3 aromatic carbocycles. The SMILES string of the molecule is COC(=O)c1nc(-c2ccc(C(F)(F)F)cc2)c2ccccc2c1-c1ccccc1. The maximum atomic E-state index is 13.0. The van der Waals surface area contributed by atoms with Gasteiger partial charge in [-0.2, -0.15) is 13.2 Å². The molecule has 0 fully saturated rings. The minimum Gasteiger partial charge on any atom is -0.464 e. The van der Waals surface area contributed by atoms with Gasteiger partial charge in [-0.3, -0.25) is 0 Å². The Morgan fingerprint density at radius 3 is 2.00 bits per heavy atom. The smallest absolute Gasteiger partial charge is 0.416 e. The third kappa shape index (κ3) is 3.52. The van der Waals surface area contributed by atoms with Gasteiger partial charge in [0.05, 0.1) is 18.4 Å². The van der Waals surface area contributed by atoms with E-state index in [9.17, 15) is 18.0 Å². The van der Waals surface area contributed by atoms with Crippen LogP contribution in [0.3, 0.4) is 0 Å². The van der Waals surface area contributed by atoms with E-state index < -0.39 is 17.7 Å². The third-order valence-corrected chi connectivity index (χ3v) is 4.84. The summed E-state index contributed by atoms with van der Waals surface area (Å²) in [6.07, 6.45) is -4.43. The lowest BCUT2D eigenvalue weighted by atomic mass is 9.93. The Morgan fingerprint density at radius 2 is 1.40 bits per heavy atom. The van der Waals surface area contributed by atoms with E-state index in [2.05, 4.69) is 4.98 Å². The van der Waals surface area contributed by atoms with Crippen molar-refractivity contribution in [2.45, 2.75) is 6.18 Å². The van der Waals surface area contributed by atoms with Crippen molar-refractivity contribution in [3.05, 3.63) is 90.1 Å². The number of carbonyl (C=O) groups is 1. The van der Waals surface area contributed by atoms with Crippen LogP contribution in [0.15, 0.2) is 78.9 Å². The van der Waals surface area contributed by atoms with Gasteiger partial charge in [-0.1, -0.05) is 66.7 Å². The first-order valence-corrected chi connectivity index (χ1v) is 9.14. The molecule has 6 heteroatoms. The van der Waals surface area contributed by atoms with Gasteiger partial charge in [0.1, 0.15) is 0 Å². The predicted molar refractivity (Wildman–Crippen MR) is 109 cm³/mol. The number of halogens is 3. The Morgan fingerprint density at radius 1 is 0.800 bits per heavy atom. The van der Waals surface area contributed by atoms with Crippen LogP contribution in [0.25, 0.3) is 33.2 Å². The molecule has 0 atom stereocenters. The quantitative estimate of drug-likeness (QED) is 0.370. The molecule has 0 saturated carbocycles. The molecule has 0 N–H and O–H groups in total. The maximum Gasteiger partial charge on any atom is 0.416 e. The third-order valence-electron chi connectivity index (χ3n) is 4.84. The zero-order valence-electron chi connectivity index (χ0n) is 15.9. The molecule has 4 aromatic rings. The number of aromatic nitrogens is 1. The maximum absolute atomic E-state index is 13.0. The van der Waals surface area contributed by atoms with Crippen LogP contribution in [0, 0.1) is 0 Å². The molecule has 30 heavy (non-hydrogen) atoms. The van der Waals surface area contributed by atoms with Crippen LogP contribution in [0.5, 0.6) is 0 Å². The summed E-state index contributed by atoms with van der Waals surface area (Å²) in [4.78, 5) is 17.1. The first kappa shape index (κ1) is 19.6. The number of pyridine rings is 1. The zero-order chi connectivity index (χ0) is 21.3. The van der Waals surface area contributed by atoms with Crippen molar-refractivity contribution in [2.24, 2.45) is 0 Å². The van der Waals surface area contributed by atoms with Crippen LogP contribution in [0.2, 0.25) is 0 Å². The summed E-state index contributed by atoms with van der Waals surface area (Å²) >= 11 is 0. The lowest BCUT2D eigenvalue weighted by molar-refractivity contribution is -0.137. The lowest BCUT2D eigenvalue weighted by Gasteiger charge is -2.15. The Kier molecular flexibility index (Phi) is 4.99. The highest BCUT2D eigenvalue weighted by Gasteiger charge is 2.30. The van der Waals surface area contributed by atoms with Gasteiger partial charge in [0.2, 0.25) is 0 Å². The number of alkyl halides is 3. The van der Waals surface area contributed by atoms with Crippen molar-refractivity contribution in [2.75, 3.05) is 7.11 Å². The van der Waals surface area contributed by atoms with E-state index in [1.54, 1.807) is 0 Å². The zero-order valence-corrected chi connectivity index (χ0v) is 15.9. The van der Waals surface area contributed by atoms with Crippen LogP contribution in [0.4, 0.5) is 13.2 Å². The fraction of sp³-hybridized carbons (Fsp3) is 0.0833. The summed E-state index contributed by atoms with van der Waals surface area (Å²) in [6, 6.07) is 21.4. The number of methoxy groups -OCH3 is 1. The molecule has 1 heterocycles. The largest absolute Gasteiger partial charge is 0.464 e. The molecule has 0 aliphatic rings. The summed E-state index contributed by atoms with van der Waals surface area (Å²) < 4.78 is 43.8. The Hall–Kier alpha value is -3.67. The minimum absolute atomic E-state index is 0.109. The van der Waals surface area contributed by atoms with E-state index in [1.807, 2.05) is 54.6 Å². The lowest BCUT2D eigenvalue weighted by Crippen LogP contribution is -2.09. The molecular weight excluding hydrogens is 391 g/mol. The van der Waals surface area contributed by atoms with Gasteiger partial charge in [-0.15, -0.1) is 0 Å². The van der Waals surface area contributed by atoms with Gasteiger partial charge in [-0.05, 0) is 23.1 Å². The molecule has 0 unspecified atom stereocenters. The topological polar surface area (TPSA) is 39.2 Å². The summed E-state index contributed by atoms with van der Waals surface area (Å²) in [7, 11) is 1.27. The van der Waals surface area contributed by atoms with Gasteiger partial charge in [0.25, 0.3) is 0 Å². The average Bonchev–Trinajstić information content (AvgIpc) is 2.77. The fourth-order valence-electron chi connectivity index (χ4n) is 3.44. The first-order chi connectivity index (χ1) is 14.4. The highest BCUT2D eigenvalue weighted by molar-refractivity contribution is 6.10. The summed E-state index contributed by atoms with van der Waals surface area (Å²) in [6.45, 7) is 0. The molecule has 0 bridgehead atoms. The van der Waals surface area contributed by atoms with Crippen molar-refractivity contribution in [3.63, 3.8) is 0 Å². The second kappa shape index (κ2) is 7.63. The number of carbonyl (C=O) groups excluding carboxylic acids is 1. The normalized spacial score (nSPS) is 11.5. The minimum atomic E-state index is -4.43. The average molecular weight is 407 g/mol. The number of esters is 1. The molecule has 0 aliphatic carbocycles. The number of fused-ring (bicyclic) bond motifs is 1. The molecule has 4 rings (SSSR count). The first-order valence-electron chi connectivity index (χ1n) is 9.14. The number of rotatable bonds is 3. The van der Waals surface area contributed by atoms with Gasteiger partial charge in [-0.25, -0.2) is 9.78 Å².